The van der Waals surface area contributed by atoms with Gasteiger partial charge >= 0.3 is 5.97 Å². The molecule has 2 aromatic carbocycles. The van der Waals surface area contributed by atoms with Crippen LogP contribution in [-0.2, 0) is 21.3 Å². The molecule has 3 rings (SSSR count). The number of hydrogen-bond acceptors (Lipinski definition) is 7. The number of carbonyl (C=O) groups excluding carboxylic acids is 1. The first-order chi connectivity index (χ1) is 13.3. The van der Waals surface area contributed by atoms with E-state index in [2.05, 4.69) is 19.6 Å². The van der Waals surface area contributed by atoms with Crippen molar-refractivity contribution in [2.75, 3.05) is 7.11 Å². The van der Waals surface area contributed by atoms with Gasteiger partial charge in [-0.05, 0) is 31.5 Å². The summed E-state index contributed by atoms with van der Waals surface area (Å²) in [6, 6.07) is 11.8. The van der Waals surface area contributed by atoms with Gasteiger partial charge in [-0.25, -0.2) is 17.9 Å². The second-order valence-electron chi connectivity index (χ2n) is 6.17. The van der Waals surface area contributed by atoms with E-state index in [4.69, 9.17) is 4.52 Å². The van der Waals surface area contributed by atoms with Gasteiger partial charge in [-0.15, -0.1) is 0 Å². The van der Waals surface area contributed by atoms with Crippen LogP contribution in [0.3, 0.4) is 0 Å². The second kappa shape index (κ2) is 7.91. The lowest BCUT2D eigenvalue weighted by Crippen LogP contribution is -2.24. The number of esters is 1. The number of nitrogens with one attached hydrogen (secondary N) is 1. The van der Waals surface area contributed by atoms with Crippen LogP contribution in [0.1, 0.15) is 27.4 Å². The van der Waals surface area contributed by atoms with E-state index in [0.717, 1.165) is 11.1 Å². The second-order valence-corrected chi connectivity index (χ2v) is 7.94. The quantitative estimate of drug-likeness (QED) is 0.632. The highest BCUT2D eigenvalue weighted by Crippen LogP contribution is 2.18. The number of benzene rings is 2. The molecule has 0 unspecified atom stereocenters. The first kappa shape index (κ1) is 19.7. The molecule has 0 fully saturated rings. The zero-order chi connectivity index (χ0) is 20.3. The summed E-state index contributed by atoms with van der Waals surface area (Å²) < 4.78 is 37.3. The van der Waals surface area contributed by atoms with Crippen molar-refractivity contribution in [2.45, 2.75) is 25.3 Å². The molecule has 146 valence electrons. The molecule has 0 aliphatic carbocycles. The average molecular weight is 401 g/mol. The summed E-state index contributed by atoms with van der Waals surface area (Å²) in [7, 11) is -2.65. The minimum absolute atomic E-state index is 0.0585. The number of methoxy groups -OCH3 is 1. The maximum atomic E-state index is 12.5. The number of ether oxygens (including phenoxy) is 1. The highest BCUT2D eigenvalue weighted by atomic mass is 32.2. The third-order valence-electron chi connectivity index (χ3n) is 4.12. The van der Waals surface area contributed by atoms with Crippen molar-refractivity contribution >= 4 is 16.0 Å². The third kappa shape index (κ3) is 4.26. The molecule has 0 amide bonds. The van der Waals surface area contributed by atoms with E-state index >= 15 is 0 Å². The Balaban J connectivity index is 1.75. The van der Waals surface area contributed by atoms with E-state index in [1.54, 1.807) is 13.0 Å². The maximum absolute atomic E-state index is 12.5. The number of rotatable bonds is 6. The van der Waals surface area contributed by atoms with Crippen LogP contribution < -0.4 is 4.72 Å². The number of carbonyl (C=O) groups is 1. The summed E-state index contributed by atoms with van der Waals surface area (Å²) in [5.41, 5.74) is 2.67. The molecule has 8 nitrogen and oxygen atoms in total. The van der Waals surface area contributed by atoms with E-state index in [-0.39, 0.29) is 22.9 Å². The SMILES string of the molecule is COC(=O)c1cc(S(=O)(=O)NCc2nc(-c3ccc(C)cc3)no2)ccc1C. The average Bonchev–Trinajstić information content (AvgIpc) is 3.16. The molecule has 0 saturated carbocycles. The molecule has 0 spiro atoms. The van der Waals surface area contributed by atoms with Crippen LogP contribution in [0.15, 0.2) is 51.9 Å². The standard InChI is InChI=1S/C19H19N3O5S/c1-12-4-7-14(8-5-12)18-21-17(27-22-18)11-20-28(24,25)15-9-6-13(2)16(10-15)19(23)26-3/h4-10,20H,11H2,1-3H3. The highest BCUT2D eigenvalue weighted by Gasteiger charge is 2.19. The van der Waals surface area contributed by atoms with Gasteiger partial charge in [0.15, 0.2) is 0 Å². The molecule has 1 aromatic heterocycles. The monoisotopic (exact) mass is 401 g/mol. The molecule has 0 bridgehead atoms. The van der Waals surface area contributed by atoms with Gasteiger partial charge in [-0.2, -0.15) is 4.98 Å². The van der Waals surface area contributed by atoms with Crippen molar-refractivity contribution in [2.24, 2.45) is 0 Å². The van der Waals surface area contributed by atoms with Crippen molar-refractivity contribution in [3.8, 4) is 11.4 Å². The normalized spacial score (nSPS) is 11.4. The Morgan fingerprint density at radius 3 is 2.54 bits per heavy atom. The zero-order valence-corrected chi connectivity index (χ0v) is 16.4. The zero-order valence-electron chi connectivity index (χ0n) is 15.6. The van der Waals surface area contributed by atoms with Gasteiger partial charge in [0.1, 0.15) is 0 Å². The summed E-state index contributed by atoms with van der Waals surface area (Å²) in [4.78, 5) is 15.9. The van der Waals surface area contributed by atoms with Crippen LogP contribution >= 0.6 is 0 Å². The first-order valence-electron chi connectivity index (χ1n) is 8.38. The van der Waals surface area contributed by atoms with Crippen LogP contribution in [0.2, 0.25) is 0 Å². The van der Waals surface area contributed by atoms with Gasteiger partial charge in [0, 0.05) is 5.56 Å². The Morgan fingerprint density at radius 1 is 1.14 bits per heavy atom. The number of hydrogen-bond donors (Lipinski definition) is 1. The fourth-order valence-electron chi connectivity index (χ4n) is 2.48. The van der Waals surface area contributed by atoms with Crippen LogP contribution in [0.4, 0.5) is 0 Å². The third-order valence-corrected chi connectivity index (χ3v) is 5.51. The molecule has 1 heterocycles. The lowest BCUT2D eigenvalue weighted by atomic mass is 10.1. The fraction of sp³-hybridized carbons (Fsp3) is 0.211. The van der Waals surface area contributed by atoms with Crippen LogP contribution in [0.25, 0.3) is 11.4 Å². The predicted octanol–water partition coefficient (Wildman–Crippen LogP) is 2.62. The number of aryl methyl sites for hydroxylation is 2. The van der Waals surface area contributed by atoms with Crippen molar-refractivity contribution in [3.63, 3.8) is 0 Å². The topological polar surface area (TPSA) is 111 Å². The molecule has 9 heteroatoms. The molecular formula is C19H19N3O5S. The van der Waals surface area contributed by atoms with E-state index in [9.17, 15) is 13.2 Å². The molecule has 1 N–H and O–H groups in total. The molecule has 0 atom stereocenters. The molecule has 3 aromatic rings. The Kier molecular flexibility index (Phi) is 5.57. The van der Waals surface area contributed by atoms with E-state index in [1.165, 1.54) is 19.2 Å². The summed E-state index contributed by atoms with van der Waals surface area (Å²) in [5, 5.41) is 3.87. The summed E-state index contributed by atoms with van der Waals surface area (Å²) in [6.07, 6.45) is 0. The minimum atomic E-state index is -3.89. The first-order valence-corrected chi connectivity index (χ1v) is 9.87. The molecular weight excluding hydrogens is 382 g/mol. The van der Waals surface area contributed by atoms with Crippen LogP contribution in [0.5, 0.6) is 0 Å². The smallest absolute Gasteiger partial charge is 0.338 e. The summed E-state index contributed by atoms with van der Waals surface area (Å²) in [5.74, 6) is -0.105. The fourth-order valence-corrected chi connectivity index (χ4v) is 3.49. The number of aromatic nitrogens is 2. The van der Waals surface area contributed by atoms with Crippen LogP contribution in [-0.4, -0.2) is 31.6 Å². The molecule has 0 aliphatic rings. The van der Waals surface area contributed by atoms with E-state index in [1.807, 2.05) is 31.2 Å². The van der Waals surface area contributed by atoms with E-state index in [0.29, 0.717) is 11.4 Å². The van der Waals surface area contributed by atoms with Crippen molar-refractivity contribution in [3.05, 3.63) is 65.0 Å². The molecule has 28 heavy (non-hydrogen) atoms. The van der Waals surface area contributed by atoms with Crippen molar-refractivity contribution in [1.29, 1.82) is 0 Å². The Morgan fingerprint density at radius 2 is 1.86 bits per heavy atom. The lowest BCUT2D eigenvalue weighted by molar-refractivity contribution is 0.0599. The molecule has 0 saturated heterocycles. The van der Waals surface area contributed by atoms with E-state index < -0.39 is 16.0 Å². The lowest BCUT2D eigenvalue weighted by Gasteiger charge is -2.08. The number of nitrogens with zero attached hydrogens (tertiary/aromatic N) is 2. The Labute approximate surface area is 162 Å². The predicted molar refractivity (Wildman–Crippen MR) is 101 cm³/mol. The van der Waals surface area contributed by atoms with Gasteiger partial charge in [-0.1, -0.05) is 41.1 Å². The summed E-state index contributed by atoms with van der Waals surface area (Å²) in [6.45, 7) is 3.49. The van der Waals surface area contributed by atoms with Crippen LogP contribution in [0, 0.1) is 13.8 Å². The Hall–Kier alpha value is -3.04. The minimum Gasteiger partial charge on any atom is -0.465 e. The van der Waals surface area contributed by atoms with Crippen molar-refractivity contribution in [1.82, 2.24) is 14.9 Å². The Bertz CT molecular complexity index is 1100. The maximum Gasteiger partial charge on any atom is 0.338 e. The number of sulfonamides is 1. The van der Waals surface area contributed by atoms with Gasteiger partial charge in [0.05, 0.1) is 24.1 Å². The van der Waals surface area contributed by atoms with Gasteiger partial charge in [-0.3, -0.25) is 0 Å². The highest BCUT2D eigenvalue weighted by molar-refractivity contribution is 7.89. The molecule has 0 radical (unpaired) electrons. The van der Waals surface area contributed by atoms with Gasteiger partial charge < -0.3 is 9.26 Å². The van der Waals surface area contributed by atoms with Gasteiger partial charge in [0.25, 0.3) is 0 Å². The summed E-state index contributed by atoms with van der Waals surface area (Å²) >= 11 is 0. The molecule has 0 aliphatic heterocycles. The largest absolute Gasteiger partial charge is 0.465 e. The van der Waals surface area contributed by atoms with Crippen molar-refractivity contribution < 1.29 is 22.5 Å². The van der Waals surface area contributed by atoms with Gasteiger partial charge in [0.2, 0.25) is 21.7 Å².